The molecular weight excluding hydrogens is 228 g/mol. The zero-order valence-electron chi connectivity index (χ0n) is 11.1. The number of pyridine rings is 1. The molecule has 1 heterocycles. The molecule has 0 aromatic carbocycles. The molecule has 5 heteroatoms. The minimum Gasteiger partial charge on any atom is -0.376 e. The summed E-state index contributed by atoms with van der Waals surface area (Å²) in [6, 6.07) is 1.88. The van der Waals surface area contributed by atoms with E-state index >= 15 is 0 Å². The topological polar surface area (TPSA) is 71.2 Å². The SMILES string of the molecule is CN(C)c1ccncc1NC(=O)CCCCCN. The largest absolute Gasteiger partial charge is 0.376 e. The predicted octanol–water partition coefficient (Wildman–Crippen LogP) is 1.61. The van der Waals surface area contributed by atoms with Gasteiger partial charge in [0.25, 0.3) is 0 Å². The number of rotatable bonds is 7. The molecule has 0 spiro atoms. The molecule has 0 aliphatic heterocycles. The first kappa shape index (κ1) is 14.4. The van der Waals surface area contributed by atoms with Gasteiger partial charge >= 0.3 is 0 Å². The molecule has 0 aliphatic carbocycles. The van der Waals surface area contributed by atoms with Crippen LogP contribution in [0.2, 0.25) is 0 Å². The maximum atomic E-state index is 11.8. The summed E-state index contributed by atoms with van der Waals surface area (Å²) < 4.78 is 0. The van der Waals surface area contributed by atoms with E-state index in [2.05, 4.69) is 10.3 Å². The van der Waals surface area contributed by atoms with Crippen molar-refractivity contribution in [1.29, 1.82) is 0 Å². The fourth-order valence-electron chi connectivity index (χ4n) is 1.69. The lowest BCUT2D eigenvalue weighted by atomic mass is 10.2. The quantitative estimate of drug-likeness (QED) is 0.721. The second-order valence-corrected chi connectivity index (χ2v) is 4.43. The molecule has 0 bridgehead atoms. The molecule has 0 aliphatic rings. The number of nitrogens with one attached hydrogen (secondary N) is 1. The third kappa shape index (κ3) is 4.71. The zero-order chi connectivity index (χ0) is 13.4. The van der Waals surface area contributed by atoms with Gasteiger partial charge in [0, 0.05) is 26.7 Å². The summed E-state index contributed by atoms with van der Waals surface area (Å²) in [7, 11) is 3.87. The van der Waals surface area contributed by atoms with Crippen LogP contribution in [0.5, 0.6) is 0 Å². The molecule has 0 saturated carbocycles. The standard InChI is InChI=1S/C13H22N4O/c1-17(2)12-7-9-15-10-11(12)16-13(18)6-4-3-5-8-14/h7,9-10H,3-6,8,14H2,1-2H3,(H,16,18). The van der Waals surface area contributed by atoms with Gasteiger partial charge in [-0.2, -0.15) is 0 Å². The van der Waals surface area contributed by atoms with Crippen LogP contribution in [0.15, 0.2) is 18.5 Å². The third-order valence-electron chi connectivity index (χ3n) is 2.66. The van der Waals surface area contributed by atoms with Crippen LogP contribution in [0.4, 0.5) is 11.4 Å². The van der Waals surface area contributed by atoms with Crippen LogP contribution in [0.3, 0.4) is 0 Å². The minimum atomic E-state index is 0.0307. The molecule has 0 atom stereocenters. The van der Waals surface area contributed by atoms with E-state index in [9.17, 15) is 4.79 Å². The van der Waals surface area contributed by atoms with Crippen molar-refractivity contribution >= 4 is 17.3 Å². The highest BCUT2D eigenvalue weighted by atomic mass is 16.1. The molecule has 0 saturated heterocycles. The molecule has 100 valence electrons. The first-order valence-corrected chi connectivity index (χ1v) is 6.26. The molecule has 3 N–H and O–H groups in total. The minimum absolute atomic E-state index is 0.0307. The Balaban J connectivity index is 2.49. The lowest BCUT2D eigenvalue weighted by Crippen LogP contribution is -2.16. The van der Waals surface area contributed by atoms with Crippen molar-refractivity contribution in [3.8, 4) is 0 Å². The van der Waals surface area contributed by atoms with Gasteiger partial charge in [0.2, 0.25) is 5.91 Å². The summed E-state index contributed by atoms with van der Waals surface area (Å²) in [6.45, 7) is 0.689. The van der Waals surface area contributed by atoms with Gasteiger partial charge in [0.15, 0.2) is 0 Å². The number of hydrogen-bond donors (Lipinski definition) is 2. The number of amides is 1. The van der Waals surface area contributed by atoms with Crippen LogP contribution < -0.4 is 16.0 Å². The van der Waals surface area contributed by atoms with Gasteiger partial charge in [0.1, 0.15) is 0 Å². The van der Waals surface area contributed by atoms with Gasteiger partial charge < -0.3 is 16.0 Å². The molecule has 1 amide bonds. The van der Waals surface area contributed by atoms with E-state index in [1.807, 2.05) is 25.1 Å². The Hall–Kier alpha value is -1.62. The highest BCUT2D eigenvalue weighted by Gasteiger charge is 2.07. The number of unbranched alkanes of at least 4 members (excludes halogenated alkanes) is 2. The number of carbonyl (C=O) groups excluding carboxylic acids is 1. The van der Waals surface area contributed by atoms with E-state index < -0.39 is 0 Å². The number of carbonyl (C=O) groups is 1. The van der Waals surface area contributed by atoms with Crippen molar-refractivity contribution in [1.82, 2.24) is 4.98 Å². The number of nitrogens with two attached hydrogens (primary N) is 1. The third-order valence-corrected chi connectivity index (χ3v) is 2.66. The van der Waals surface area contributed by atoms with Crippen molar-refractivity contribution in [2.75, 3.05) is 30.9 Å². The summed E-state index contributed by atoms with van der Waals surface area (Å²) in [5, 5.41) is 2.89. The highest BCUT2D eigenvalue weighted by molar-refractivity contribution is 5.93. The van der Waals surface area contributed by atoms with Gasteiger partial charge in [0.05, 0.1) is 17.6 Å². The van der Waals surface area contributed by atoms with E-state index in [1.54, 1.807) is 12.4 Å². The predicted molar refractivity (Wildman–Crippen MR) is 74.7 cm³/mol. The van der Waals surface area contributed by atoms with Crippen molar-refractivity contribution in [2.45, 2.75) is 25.7 Å². The lowest BCUT2D eigenvalue weighted by molar-refractivity contribution is -0.116. The Morgan fingerprint density at radius 3 is 2.83 bits per heavy atom. The van der Waals surface area contributed by atoms with Gasteiger partial charge in [-0.15, -0.1) is 0 Å². The fourth-order valence-corrected chi connectivity index (χ4v) is 1.69. The van der Waals surface area contributed by atoms with Crippen LogP contribution in [-0.2, 0) is 4.79 Å². The van der Waals surface area contributed by atoms with E-state index in [0.717, 1.165) is 30.6 Å². The number of nitrogens with zero attached hydrogens (tertiary/aromatic N) is 2. The fraction of sp³-hybridized carbons (Fsp3) is 0.538. The highest BCUT2D eigenvalue weighted by Crippen LogP contribution is 2.22. The van der Waals surface area contributed by atoms with Crippen LogP contribution in [-0.4, -0.2) is 31.5 Å². The van der Waals surface area contributed by atoms with Crippen LogP contribution in [0, 0.1) is 0 Å². The zero-order valence-corrected chi connectivity index (χ0v) is 11.1. The Kier molecular flexibility index (Phi) is 6.14. The molecule has 0 fully saturated rings. The normalized spacial score (nSPS) is 10.2. The molecule has 1 aromatic rings. The van der Waals surface area contributed by atoms with Crippen molar-refractivity contribution in [2.24, 2.45) is 5.73 Å². The summed E-state index contributed by atoms with van der Waals surface area (Å²) in [5.41, 5.74) is 7.12. The molecule has 5 nitrogen and oxygen atoms in total. The maximum absolute atomic E-state index is 11.8. The first-order chi connectivity index (χ1) is 8.65. The van der Waals surface area contributed by atoms with Crippen molar-refractivity contribution < 1.29 is 4.79 Å². The molecule has 1 rings (SSSR count). The van der Waals surface area contributed by atoms with Crippen molar-refractivity contribution in [3.05, 3.63) is 18.5 Å². The second kappa shape index (κ2) is 7.66. The summed E-state index contributed by atoms with van der Waals surface area (Å²) >= 11 is 0. The Morgan fingerprint density at radius 1 is 1.39 bits per heavy atom. The first-order valence-electron chi connectivity index (χ1n) is 6.26. The van der Waals surface area contributed by atoms with Gasteiger partial charge in [-0.05, 0) is 25.5 Å². The lowest BCUT2D eigenvalue weighted by Gasteiger charge is -2.17. The molecule has 1 aromatic heterocycles. The van der Waals surface area contributed by atoms with Crippen LogP contribution >= 0.6 is 0 Å². The van der Waals surface area contributed by atoms with E-state index in [0.29, 0.717) is 13.0 Å². The smallest absolute Gasteiger partial charge is 0.224 e. The number of aromatic nitrogens is 1. The number of hydrogen-bond acceptors (Lipinski definition) is 4. The van der Waals surface area contributed by atoms with Gasteiger partial charge in [-0.25, -0.2) is 0 Å². The maximum Gasteiger partial charge on any atom is 0.224 e. The Bertz CT molecular complexity index is 379. The molecule has 18 heavy (non-hydrogen) atoms. The summed E-state index contributed by atoms with van der Waals surface area (Å²) in [6.07, 6.45) is 6.77. The van der Waals surface area contributed by atoms with E-state index in [1.165, 1.54) is 0 Å². The molecule has 0 radical (unpaired) electrons. The average molecular weight is 250 g/mol. The van der Waals surface area contributed by atoms with E-state index in [4.69, 9.17) is 5.73 Å². The number of anilines is 2. The van der Waals surface area contributed by atoms with Crippen molar-refractivity contribution in [3.63, 3.8) is 0 Å². The van der Waals surface area contributed by atoms with Gasteiger partial charge in [-0.3, -0.25) is 9.78 Å². The van der Waals surface area contributed by atoms with Crippen LogP contribution in [0.25, 0.3) is 0 Å². The van der Waals surface area contributed by atoms with E-state index in [-0.39, 0.29) is 5.91 Å². The molecular formula is C13H22N4O. The summed E-state index contributed by atoms with van der Waals surface area (Å²) in [5.74, 6) is 0.0307. The monoisotopic (exact) mass is 250 g/mol. The second-order valence-electron chi connectivity index (χ2n) is 4.43. The van der Waals surface area contributed by atoms with Gasteiger partial charge in [-0.1, -0.05) is 6.42 Å². The Morgan fingerprint density at radius 2 is 2.17 bits per heavy atom. The average Bonchev–Trinajstić information content (AvgIpc) is 2.35. The van der Waals surface area contributed by atoms with Crippen LogP contribution in [0.1, 0.15) is 25.7 Å². The Labute approximate surface area is 108 Å². The molecule has 0 unspecified atom stereocenters. The summed E-state index contributed by atoms with van der Waals surface area (Å²) in [4.78, 5) is 17.7.